The summed E-state index contributed by atoms with van der Waals surface area (Å²) < 4.78 is 0. The Morgan fingerprint density at radius 3 is 2.24 bits per heavy atom. The second-order valence-electron chi connectivity index (χ2n) is 4.04. The number of nitrogens with one attached hydrogen (secondary N) is 2. The summed E-state index contributed by atoms with van der Waals surface area (Å²) in [5.74, 6) is -2.27. The van der Waals surface area contributed by atoms with Crippen molar-refractivity contribution in [2.24, 2.45) is 11.5 Å². The highest BCUT2D eigenvalue weighted by atomic mass is 16.4. The second-order valence-corrected chi connectivity index (χ2v) is 4.04. The highest BCUT2D eigenvalue weighted by Gasteiger charge is 2.09. The lowest BCUT2D eigenvalue weighted by Gasteiger charge is -2.03. The van der Waals surface area contributed by atoms with E-state index in [2.05, 4.69) is 0 Å². The Morgan fingerprint density at radius 2 is 1.81 bits per heavy atom. The number of aromatic carboxylic acids is 1. The molecule has 0 amide bonds. The molecule has 1 heterocycles. The van der Waals surface area contributed by atoms with E-state index in [0.29, 0.717) is 13.0 Å². The van der Waals surface area contributed by atoms with Crippen molar-refractivity contribution < 1.29 is 19.8 Å². The van der Waals surface area contributed by atoms with Gasteiger partial charge in [-0.05, 0) is 19.4 Å². The van der Waals surface area contributed by atoms with Crippen molar-refractivity contribution in [2.75, 3.05) is 6.54 Å². The van der Waals surface area contributed by atoms with Crippen LogP contribution in [0, 0.1) is 0 Å². The van der Waals surface area contributed by atoms with Gasteiger partial charge >= 0.3 is 17.6 Å². The van der Waals surface area contributed by atoms with Gasteiger partial charge in [0.25, 0.3) is 5.56 Å². The molecule has 1 atom stereocenters. The molecule has 0 radical (unpaired) electrons. The third-order valence-corrected chi connectivity index (χ3v) is 2.28. The van der Waals surface area contributed by atoms with Gasteiger partial charge in [-0.1, -0.05) is 6.42 Å². The normalized spacial score (nSPS) is 11.1. The number of aliphatic carboxylic acids is 1. The van der Waals surface area contributed by atoms with Crippen LogP contribution in [0.15, 0.2) is 15.7 Å². The SMILES string of the molecule is NCCCCC(N)C(=O)O.O=C(O)c1cc(=O)[nH]c(=O)[nH]1. The van der Waals surface area contributed by atoms with Crippen molar-refractivity contribution in [1.29, 1.82) is 0 Å². The first-order valence-electron chi connectivity index (χ1n) is 6.03. The Morgan fingerprint density at radius 1 is 1.19 bits per heavy atom. The van der Waals surface area contributed by atoms with Crippen LogP contribution < -0.4 is 22.7 Å². The highest BCUT2D eigenvalue weighted by Crippen LogP contribution is 1.96. The van der Waals surface area contributed by atoms with Crippen LogP contribution in [0.25, 0.3) is 0 Å². The molecule has 0 spiro atoms. The first-order chi connectivity index (χ1) is 9.77. The van der Waals surface area contributed by atoms with E-state index in [1.807, 2.05) is 9.97 Å². The van der Waals surface area contributed by atoms with Crippen molar-refractivity contribution in [3.05, 3.63) is 32.6 Å². The summed E-state index contributed by atoms with van der Waals surface area (Å²) in [6.45, 7) is 0.604. The first-order valence-corrected chi connectivity index (χ1v) is 6.03. The minimum Gasteiger partial charge on any atom is -0.480 e. The van der Waals surface area contributed by atoms with Crippen molar-refractivity contribution in [3.8, 4) is 0 Å². The largest absolute Gasteiger partial charge is 0.480 e. The molecule has 1 aromatic rings. The molecule has 1 aromatic heterocycles. The van der Waals surface area contributed by atoms with Gasteiger partial charge in [0, 0.05) is 6.07 Å². The van der Waals surface area contributed by atoms with Crippen LogP contribution in [0.3, 0.4) is 0 Å². The smallest absolute Gasteiger partial charge is 0.352 e. The van der Waals surface area contributed by atoms with Crippen molar-refractivity contribution in [2.45, 2.75) is 25.3 Å². The number of rotatable bonds is 6. The average Bonchev–Trinajstić information content (AvgIpc) is 2.38. The van der Waals surface area contributed by atoms with Crippen molar-refractivity contribution in [3.63, 3.8) is 0 Å². The van der Waals surface area contributed by atoms with E-state index in [9.17, 15) is 19.2 Å². The molecule has 1 unspecified atom stereocenters. The molecule has 1 rings (SSSR count). The fraction of sp³-hybridized carbons (Fsp3) is 0.455. The lowest BCUT2D eigenvalue weighted by Crippen LogP contribution is -2.29. The average molecular weight is 302 g/mol. The Kier molecular flexibility index (Phi) is 8.34. The fourth-order valence-electron chi connectivity index (χ4n) is 1.22. The lowest BCUT2D eigenvalue weighted by molar-refractivity contribution is -0.138. The van der Waals surface area contributed by atoms with Gasteiger partial charge < -0.3 is 26.7 Å². The van der Waals surface area contributed by atoms with E-state index in [1.165, 1.54) is 0 Å². The number of hydrogen-bond acceptors (Lipinski definition) is 6. The van der Waals surface area contributed by atoms with Crippen molar-refractivity contribution in [1.82, 2.24) is 9.97 Å². The molecular weight excluding hydrogens is 284 g/mol. The topological polar surface area (TPSA) is 192 Å². The molecule has 8 N–H and O–H groups in total. The van der Waals surface area contributed by atoms with Crippen molar-refractivity contribution >= 4 is 11.9 Å². The predicted octanol–water partition coefficient (Wildman–Crippen LogP) is -1.71. The van der Waals surface area contributed by atoms with Gasteiger partial charge in [-0.3, -0.25) is 14.6 Å². The Labute approximate surface area is 118 Å². The third kappa shape index (κ3) is 8.34. The monoisotopic (exact) mass is 302 g/mol. The molecule has 10 nitrogen and oxygen atoms in total. The molecule has 21 heavy (non-hydrogen) atoms. The van der Waals surface area contributed by atoms with Gasteiger partial charge in [-0.2, -0.15) is 0 Å². The summed E-state index contributed by atoms with van der Waals surface area (Å²) >= 11 is 0. The highest BCUT2D eigenvalue weighted by molar-refractivity contribution is 5.84. The first kappa shape index (κ1) is 18.5. The van der Waals surface area contributed by atoms with Gasteiger partial charge in [0.2, 0.25) is 0 Å². The molecule has 0 fully saturated rings. The van der Waals surface area contributed by atoms with E-state index < -0.39 is 34.9 Å². The van der Waals surface area contributed by atoms with Gasteiger partial charge in [0.1, 0.15) is 11.7 Å². The van der Waals surface area contributed by atoms with E-state index in [4.69, 9.17) is 21.7 Å². The zero-order chi connectivity index (χ0) is 16.4. The van der Waals surface area contributed by atoms with Gasteiger partial charge in [-0.15, -0.1) is 0 Å². The maximum Gasteiger partial charge on any atom is 0.352 e. The maximum atomic E-state index is 10.5. The Bertz CT molecular complexity index is 550. The number of carbonyl (C=O) groups is 2. The Hall–Kier alpha value is -2.46. The van der Waals surface area contributed by atoms with E-state index in [0.717, 1.165) is 18.9 Å². The number of H-pyrrole nitrogens is 2. The second kappa shape index (κ2) is 9.44. The van der Waals surface area contributed by atoms with Crippen LogP contribution in [0.2, 0.25) is 0 Å². The minimum atomic E-state index is -1.34. The molecule has 0 aromatic carbocycles. The zero-order valence-corrected chi connectivity index (χ0v) is 11.2. The van der Waals surface area contributed by atoms with E-state index in [1.54, 1.807) is 0 Å². The number of carboxylic acids is 2. The van der Waals surface area contributed by atoms with Gasteiger partial charge in [0.15, 0.2) is 0 Å². The number of hydrogen-bond donors (Lipinski definition) is 6. The molecule has 0 saturated heterocycles. The maximum absolute atomic E-state index is 10.5. The molecule has 0 aliphatic rings. The molecular formula is C11H18N4O6. The molecule has 0 aliphatic carbocycles. The van der Waals surface area contributed by atoms with Crippen LogP contribution in [-0.4, -0.2) is 44.7 Å². The number of aromatic nitrogens is 2. The van der Waals surface area contributed by atoms with Crippen LogP contribution >= 0.6 is 0 Å². The van der Waals surface area contributed by atoms with Crippen LogP contribution in [0.4, 0.5) is 0 Å². The standard InChI is InChI=1S/C6H14N2O2.C5H4N2O4/c7-4-2-1-3-5(8)6(9)10;8-3-1-2(4(9)10)6-5(11)7-3/h5H,1-4,7-8H2,(H,9,10);1H,(H,9,10)(H2,6,7,8,11). The predicted molar refractivity (Wildman–Crippen MR) is 73.2 cm³/mol. The zero-order valence-electron chi connectivity index (χ0n) is 11.2. The summed E-state index contributed by atoms with van der Waals surface area (Å²) in [6.07, 6.45) is 2.16. The summed E-state index contributed by atoms with van der Waals surface area (Å²) in [5, 5.41) is 16.6. The van der Waals surface area contributed by atoms with Crippen LogP contribution in [-0.2, 0) is 4.79 Å². The lowest BCUT2D eigenvalue weighted by atomic mass is 10.1. The van der Waals surface area contributed by atoms with Gasteiger partial charge in [0.05, 0.1) is 0 Å². The summed E-state index contributed by atoms with van der Waals surface area (Å²) in [7, 11) is 0. The van der Waals surface area contributed by atoms with E-state index in [-0.39, 0.29) is 0 Å². The molecule has 118 valence electrons. The van der Waals surface area contributed by atoms with Gasteiger partial charge in [-0.25, -0.2) is 9.59 Å². The number of carboxylic acid groups (broad SMARTS) is 2. The summed E-state index contributed by atoms with van der Waals surface area (Å²) in [4.78, 5) is 45.0. The fourth-order valence-corrected chi connectivity index (χ4v) is 1.22. The number of unbranched alkanes of at least 4 members (excludes halogenated alkanes) is 1. The summed E-state index contributed by atoms with van der Waals surface area (Å²) in [6, 6.07) is 0.0792. The molecule has 0 bridgehead atoms. The summed E-state index contributed by atoms with van der Waals surface area (Å²) in [5.41, 5.74) is 8.45. The minimum absolute atomic E-state index is 0.418. The quantitative estimate of drug-likeness (QED) is 0.334. The molecule has 10 heteroatoms. The molecule has 0 aliphatic heterocycles. The number of nitrogens with two attached hydrogens (primary N) is 2. The third-order valence-electron chi connectivity index (χ3n) is 2.28. The van der Waals surface area contributed by atoms with Crippen LogP contribution in [0.5, 0.6) is 0 Å². The van der Waals surface area contributed by atoms with Crippen LogP contribution in [0.1, 0.15) is 29.8 Å². The van der Waals surface area contributed by atoms with E-state index >= 15 is 0 Å². The Balaban J connectivity index is 0.000000384. The number of aromatic amines is 2. The molecule has 0 saturated carbocycles.